The van der Waals surface area contributed by atoms with Crippen LogP contribution in [0.15, 0.2) is 48.7 Å². The fraction of sp³-hybridized carbons (Fsp3) is 0.292. The van der Waals surface area contributed by atoms with Gasteiger partial charge in [-0.3, -0.25) is 4.68 Å². The lowest BCUT2D eigenvalue weighted by Crippen LogP contribution is -2.25. The van der Waals surface area contributed by atoms with E-state index in [4.69, 9.17) is 4.98 Å². The molecular weight excluding hydrogens is 391 g/mol. The molecule has 31 heavy (non-hydrogen) atoms. The Morgan fingerprint density at radius 1 is 1.06 bits per heavy atom. The third-order valence-electron chi connectivity index (χ3n) is 5.50. The minimum Gasteiger partial charge on any atom is -0.366 e. The minimum atomic E-state index is -0.253. The Hall–Kier alpha value is -3.48. The fourth-order valence-corrected chi connectivity index (χ4v) is 3.82. The Bertz CT molecular complexity index is 1190. The highest BCUT2D eigenvalue weighted by Gasteiger charge is 2.16. The van der Waals surface area contributed by atoms with Crippen LogP contribution in [-0.4, -0.2) is 32.8 Å². The molecular formula is C24H27FN6. The number of benzene rings is 1. The molecule has 0 bridgehead atoms. The smallest absolute Gasteiger partial charge is 0.160 e. The predicted octanol–water partition coefficient (Wildman–Crippen LogP) is 4.94. The van der Waals surface area contributed by atoms with Gasteiger partial charge < -0.3 is 10.2 Å². The quantitative estimate of drug-likeness (QED) is 0.461. The second-order valence-corrected chi connectivity index (χ2v) is 7.52. The maximum Gasteiger partial charge on any atom is 0.160 e. The van der Waals surface area contributed by atoms with Crippen molar-refractivity contribution >= 4 is 22.7 Å². The lowest BCUT2D eigenvalue weighted by Gasteiger charge is -2.23. The van der Waals surface area contributed by atoms with Gasteiger partial charge in [0.25, 0.3) is 0 Å². The number of pyridine rings is 2. The average Bonchev–Trinajstić information content (AvgIpc) is 3.06. The van der Waals surface area contributed by atoms with Crippen molar-refractivity contribution in [3.8, 4) is 11.1 Å². The molecule has 0 fully saturated rings. The summed E-state index contributed by atoms with van der Waals surface area (Å²) in [5, 5.41) is 8.99. The largest absolute Gasteiger partial charge is 0.366 e. The standard InChI is InChI=1S/C24H27FN6/c1-5-31(6-2)23-19(13-21-16(3)29-30(4)24(21)28-23)15-27-22-11-10-18(14-26-22)17-8-7-9-20(25)12-17/h7-14H,5-6,15H2,1-4H3,(H,26,27). The highest BCUT2D eigenvalue weighted by atomic mass is 19.1. The second kappa shape index (κ2) is 8.71. The molecule has 1 aromatic carbocycles. The highest BCUT2D eigenvalue weighted by Crippen LogP contribution is 2.26. The maximum absolute atomic E-state index is 13.5. The third-order valence-corrected chi connectivity index (χ3v) is 5.50. The molecule has 0 saturated carbocycles. The molecule has 4 aromatic rings. The molecule has 0 saturated heterocycles. The van der Waals surface area contributed by atoms with Crippen molar-refractivity contribution in [1.82, 2.24) is 19.7 Å². The molecule has 1 N–H and O–H groups in total. The monoisotopic (exact) mass is 418 g/mol. The van der Waals surface area contributed by atoms with E-state index in [-0.39, 0.29) is 5.82 Å². The van der Waals surface area contributed by atoms with Gasteiger partial charge in [0.15, 0.2) is 5.65 Å². The van der Waals surface area contributed by atoms with Crippen molar-refractivity contribution in [2.45, 2.75) is 27.3 Å². The molecule has 0 aliphatic heterocycles. The summed E-state index contributed by atoms with van der Waals surface area (Å²) >= 11 is 0. The molecule has 0 radical (unpaired) electrons. The van der Waals surface area contributed by atoms with E-state index in [1.807, 2.05) is 36.9 Å². The minimum absolute atomic E-state index is 0.253. The van der Waals surface area contributed by atoms with Crippen molar-refractivity contribution in [2.75, 3.05) is 23.3 Å². The Morgan fingerprint density at radius 3 is 2.55 bits per heavy atom. The van der Waals surface area contributed by atoms with Gasteiger partial charge in [-0.25, -0.2) is 14.4 Å². The lowest BCUT2D eigenvalue weighted by molar-refractivity contribution is 0.628. The van der Waals surface area contributed by atoms with Crippen molar-refractivity contribution in [1.29, 1.82) is 0 Å². The molecule has 0 amide bonds. The van der Waals surface area contributed by atoms with Crippen LogP contribution < -0.4 is 10.2 Å². The number of aromatic nitrogens is 4. The SMILES string of the molecule is CCN(CC)c1nc2c(cc1CNc1ccc(-c3cccc(F)c3)cn1)c(C)nn2C. The third kappa shape index (κ3) is 4.21. The highest BCUT2D eigenvalue weighted by molar-refractivity contribution is 5.81. The van der Waals surface area contributed by atoms with Crippen molar-refractivity contribution < 1.29 is 4.39 Å². The molecule has 7 heteroatoms. The van der Waals surface area contributed by atoms with Crippen molar-refractivity contribution in [3.05, 3.63) is 65.7 Å². The number of anilines is 2. The van der Waals surface area contributed by atoms with Crippen LogP contribution in [0.25, 0.3) is 22.2 Å². The van der Waals surface area contributed by atoms with Gasteiger partial charge in [-0.05, 0) is 56.7 Å². The molecule has 3 heterocycles. The van der Waals surface area contributed by atoms with Gasteiger partial charge in [0.2, 0.25) is 0 Å². The first kappa shape index (κ1) is 20.8. The lowest BCUT2D eigenvalue weighted by atomic mass is 10.1. The summed E-state index contributed by atoms with van der Waals surface area (Å²) in [7, 11) is 1.93. The summed E-state index contributed by atoms with van der Waals surface area (Å²) < 4.78 is 15.3. The van der Waals surface area contributed by atoms with Gasteiger partial charge in [-0.2, -0.15) is 5.10 Å². The Morgan fingerprint density at radius 2 is 1.87 bits per heavy atom. The Kier molecular flexibility index (Phi) is 5.84. The first-order chi connectivity index (χ1) is 15.0. The van der Waals surface area contributed by atoms with Gasteiger partial charge in [0, 0.05) is 49.4 Å². The molecule has 160 valence electrons. The predicted molar refractivity (Wildman–Crippen MR) is 124 cm³/mol. The van der Waals surface area contributed by atoms with Crippen LogP contribution in [-0.2, 0) is 13.6 Å². The first-order valence-corrected chi connectivity index (χ1v) is 10.5. The number of aryl methyl sites for hydroxylation is 2. The van der Waals surface area contributed by atoms with Crippen LogP contribution in [0.1, 0.15) is 25.1 Å². The van der Waals surface area contributed by atoms with Crippen LogP contribution >= 0.6 is 0 Å². The number of rotatable bonds is 7. The number of hydrogen-bond acceptors (Lipinski definition) is 5. The van der Waals surface area contributed by atoms with Crippen molar-refractivity contribution in [2.24, 2.45) is 7.05 Å². The molecule has 3 aromatic heterocycles. The number of nitrogens with zero attached hydrogens (tertiary/aromatic N) is 5. The maximum atomic E-state index is 13.5. The number of fused-ring (bicyclic) bond motifs is 1. The van der Waals surface area contributed by atoms with Gasteiger partial charge in [0.05, 0.1) is 5.69 Å². The van der Waals surface area contributed by atoms with E-state index in [0.29, 0.717) is 6.54 Å². The summed E-state index contributed by atoms with van der Waals surface area (Å²) in [4.78, 5) is 11.7. The zero-order chi connectivity index (χ0) is 22.0. The number of halogens is 1. The molecule has 0 atom stereocenters. The van der Waals surface area contributed by atoms with Crippen LogP contribution in [0.2, 0.25) is 0 Å². The van der Waals surface area contributed by atoms with E-state index in [0.717, 1.165) is 58.1 Å². The number of hydrogen-bond donors (Lipinski definition) is 1. The van der Waals surface area contributed by atoms with Crippen LogP contribution in [0.5, 0.6) is 0 Å². The molecule has 4 rings (SSSR count). The summed E-state index contributed by atoms with van der Waals surface area (Å²) in [5.74, 6) is 1.47. The fourth-order valence-electron chi connectivity index (χ4n) is 3.82. The average molecular weight is 419 g/mol. The van der Waals surface area contributed by atoms with Gasteiger partial charge in [-0.15, -0.1) is 0 Å². The van der Waals surface area contributed by atoms with Crippen LogP contribution in [0.4, 0.5) is 16.0 Å². The summed E-state index contributed by atoms with van der Waals surface area (Å²) in [6, 6.07) is 12.6. The molecule has 0 unspecified atom stereocenters. The van der Waals surface area contributed by atoms with E-state index in [2.05, 4.69) is 40.2 Å². The zero-order valence-corrected chi connectivity index (χ0v) is 18.4. The zero-order valence-electron chi connectivity index (χ0n) is 18.4. The van der Waals surface area contributed by atoms with E-state index < -0.39 is 0 Å². The summed E-state index contributed by atoms with van der Waals surface area (Å²) in [6.45, 7) is 8.61. The van der Waals surface area contributed by atoms with E-state index in [1.54, 1.807) is 12.3 Å². The van der Waals surface area contributed by atoms with E-state index in [1.165, 1.54) is 12.1 Å². The van der Waals surface area contributed by atoms with Crippen LogP contribution in [0, 0.1) is 12.7 Å². The molecule has 0 aliphatic rings. The van der Waals surface area contributed by atoms with E-state index >= 15 is 0 Å². The van der Waals surface area contributed by atoms with Gasteiger partial charge >= 0.3 is 0 Å². The molecule has 0 spiro atoms. The Labute approximate surface area is 181 Å². The summed E-state index contributed by atoms with van der Waals surface area (Å²) in [6.07, 6.45) is 1.76. The topological polar surface area (TPSA) is 58.9 Å². The van der Waals surface area contributed by atoms with Gasteiger partial charge in [-0.1, -0.05) is 12.1 Å². The first-order valence-electron chi connectivity index (χ1n) is 10.5. The van der Waals surface area contributed by atoms with Crippen LogP contribution in [0.3, 0.4) is 0 Å². The second-order valence-electron chi connectivity index (χ2n) is 7.52. The van der Waals surface area contributed by atoms with Crippen molar-refractivity contribution in [3.63, 3.8) is 0 Å². The normalized spacial score (nSPS) is 11.1. The molecule has 6 nitrogen and oxygen atoms in total. The van der Waals surface area contributed by atoms with Gasteiger partial charge in [0.1, 0.15) is 17.5 Å². The summed E-state index contributed by atoms with van der Waals surface area (Å²) in [5.41, 5.74) is 4.64. The Balaban J connectivity index is 1.60. The van der Waals surface area contributed by atoms with E-state index in [9.17, 15) is 4.39 Å². The molecule has 0 aliphatic carbocycles. The number of nitrogens with one attached hydrogen (secondary N) is 1.